The van der Waals surface area contributed by atoms with Crippen molar-refractivity contribution in [3.05, 3.63) is 34.9 Å². The first kappa shape index (κ1) is 13.9. The molecule has 0 spiro atoms. The third-order valence-corrected chi connectivity index (χ3v) is 3.68. The van der Waals surface area contributed by atoms with Gasteiger partial charge in [0.15, 0.2) is 0 Å². The zero-order chi connectivity index (χ0) is 13.8. The van der Waals surface area contributed by atoms with Crippen molar-refractivity contribution in [2.24, 2.45) is 5.92 Å². The molecule has 0 unspecified atom stereocenters. The number of aryl methyl sites for hydroxylation is 1. The van der Waals surface area contributed by atoms with Gasteiger partial charge in [0.1, 0.15) is 0 Å². The van der Waals surface area contributed by atoms with Gasteiger partial charge in [-0.25, -0.2) is 0 Å². The molecule has 0 radical (unpaired) electrons. The van der Waals surface area contributed by atoms with Crippen LogP contribution in [0.5, 0.6) is 0 Å². The minimum atomic E-state index is -0.812. The first-order valence-corrected chi connectivity index (χ1v) is 6.69. The van der Waals surface area contributed by atoms with E-state index in [1.165, 1.54) is 0 Å². The monoisotopic (exact) mass is 281 g/mol. The minimum Gasteiger partial charge on any atom is -0.481 e. The van der Waals surface area contributed by atoms with Crippen LogP contribution in [0.2, 0.25) is 5.02 Å². The molecule has 1 N–H and O–H groups in total. The Balaban J connectivity index is 1.82. The van der Waals surface area contributed by atoms with Crippen LogP contribution in [0, 0.1) is 5.92 Å². The highest BCUT2D eigenvalue weighted by atomic mass is 35.5. The second-order valence-corrected chi connectivity index (χ2v) is 5.23. The van der Waals surface area contributed by atoms with Crippen molar-refractivity contribution >= 4 is 23.5 Å². The molecule has 5 heteroatoms. The van der Waals surface area contributed by atoms with Crippen LogP contribution in [0.4, 0.5) is 0 Å². The number of nitrogens with zero attached hydrogens (tertiary/aromatic N) is 1. The average molecular weight is 282 g/mol. The number of carbonyl (C=O) groups is 2. The van der Waals surface area contributed by atoms with E-state index >= 15 is 0 Å². The average Bonchev–Trinajstić information content (AvgIpc) is 2.87. The highest BCUT2D eigenvalue weighted by Crippen LogP contribution is 2.18. The van der Waals surface area contributed by atoms with E-state index in [-0.39, 0.29) is 5.91 Å². The fourth-order valence-electron chi connectivity index (χ4n) is 2.25. The van der Waals surface area contributed by atoms with Crippen LogP contribution in [0.3, 0.4) is 0 Å². The van der Waals surface area contributed by atoms with Crippen molar-refractivity contribution in [1.82, 2.24) is 4.90 Å². The molecule has 1 aliphatic heterocycles. The molecule has 1 fully saturated rings. The maximum absolute atomic E-state index is 12.0. The third-order valence-electron chi connectivity index (χ3n) is 3.43. The normalized spacial score (nSPS) is 18.6. The van der Waals surface area contributed by atoms with Gasteiger partial charge in [0, 0.05) is 24.5 Å². The van der Waals surface area contributed by atoms with Crippen LogP contribution in [0.25, 0.3) is 0 Å². The number of benzene rings is 1. The Labute approximate surface area is 117 Å². The Morgan fingerprint density at radius 3 is 2.58 bits per heavy atom. The van der Waals surface area contributed by atoms with Crippen LogP contribution in [-0.4, -0.2) is 35.0 Å². The molecule has 1 aliphatic rings. The Bertz CT molecular complexity index is 472. The molecule has 1 amide bonds. The van der Waals surface area contributed by atoms with Crippen molar-refractivity contribution < 1.29 is 14.7 Å². The summed E-state index contributed by atoms with van der Waals surface area (Å²) in [4.78, 5) is 24.4. The molecule has 4 nitrogen and oxygen atoms in total. The largest absolute Gasteiger partial charge is 0.481 e. The summed E-state index contributed by atoms with van der Waals surface area (Å²) in [5.74, 6) is -1.19. The zero-order valence-corrected chi connectivity index (χ0v) is 11.3. The van der Waals surface area contributed by atoms with Crippen LogP contribution in [-0.2, 0) is 16.0 Å². The number of carboxylic acid groups (broad SMARTS) is 1. The lowest BCUT2D eigenvalue weighted by molar-refractivity contribution is -0.141. The second kappa shape index (κ2) is 6.06. The fourth-order valence-corrected chi connectivity index (χ4v) is 2.37. The van der Waals surface area contributed by atoms with Gasteiger partial charge in [0.2, 0.25) is 5.91 Å². The SMILES string of the molecule is O=C(O)[C@H]1CCN(C(=O)CCc2ccc(Cl)cc2)C1. The van der Waals surface area contributed by atoms with Gasteiger partial charge in [-0.05, 0) is 30.5 Å². The van der Waals surface area contributed by atoms with Crippen LogP contribution >= 0.6 is 11.6 Å². The van der Waals surface area contributed by atoms with E-state index < -0.39 is 11.9 Å². The molecule has 1 atom stereocenters. The van der Waals surface area contributed by atoms with Crippen molar-refractivity contribution in [3.8, 4) is 0 Å². The summed E-state index contributed by atoms with van der Waals surface area (Å²) in [6.45, 7) is 0.894. The molecule has 19 heavy (non-hydrogen) atoms. The fraction of sp³-hybridized carbons (Fsp3) is 0.429. The summed E-state index contributed by atoms with van der Waals surface area (Å²) in [5.41, 5.74) is 1.06. The first-order chi connectivity index (χ1) is 9.06. The highest BCUT2D eigenvalue weighted by Gasteiger charge is 2.30. The Kier molecular flexibility index (Phi) is 4.43. The summed E-state index contributed by atoms with van der Waals surface area (Å²) >= 11 is 5.79. The Morgan fingerprint density at radius 2 is 2.00 bits per heavy atom. The van der Waals surface area contributed by atoms with Gasteiger partial charge in [-0.3, -0.25) is 9.59 Å². The molecule has 1 aromatic rings. The maximum Gasteiger partial charge on any atom is 0.308 e. The number of rotatable bonds is 4. The number of halogens is 1. The summed E-state index contributed by atoms with van der Waals surface area (Å²) < 4.78 is 0. The zero-order valence-electron chi connectivity index (χ0n) is 10.5. The third kappa shape index (κ3) is 3.70. The lowest BCUT2D eigenvalue weighted by Gasteiger charge is -2.15. The smallest absolute Gasteiger partial charge is 0.308 e. The van der Waals surface area contributed by atoms with Crippen molar-refractivity contribution in [3.63, 3.8) is 0 Å². The second-order valence-electron chi connectivity index (χ2n) is 4.79. The number of aliphatic carboxylic acids is 1. The summed E-state index contributed by atoms with van der Waals surface area (Å²) in [6, 6.07) is 7.41. The van der Waals surface area contributed by atoms with E-state index in [1.807, 2.05) is 12.1 Å². The number of likely N-dealkylation sites (tertiary alicyclic amines) is 1. The standard InChI is InChI=1S/C14H16ClNO3/c15-12-4-1-10(2-5-12)3-6-13(17)16-8-7-11(9-16)14(18)19/h1-2,4-5,11H,3,6-9H2,(H,18,19)/t11-/m0/s1. The van der Waals surface area contributed by atoms with E-state index in [2.05, 4.69) is 0 Å². The Hall–Kier alpha value is -1.55. The highest BCUT2D eigenvalue weighted by molar-refractivity contribution is 6.30. The molecule has 2 rings (SSSR count). The van der Waals surface area contributed by atoms with Gasteiger partial charge < -0.3 is 10.0 Å². The van der Waals surface area contributed by atoms with E-state index in [0.717, 1.165) is 5.56 Å². The number of carboxylic acids is 1. The lowest BCUT2D eigenvalue weighted by atomic mass is 10.1. The van der Waals surface area contributed by atoms with E-state index in [1.54, 1.807) is 17.0 Å². The van der Waals surface area contributed by atoms with E-state index in [9.17, 15) is 9.59 Å². The molecular weight excluding hydrogens is 266 g/mol. The molecule has 0 saturated carbocycles. The molecule has 0 aliphatic carbocycles. The molecule has 0 aromatic heterocycles. The van der Waals surface area contributed by atoms with Gasteiger partial charge in [-0.15, -0.1) is 0 Å². The number of carbonyl (C=O) groups excluding carboxylic acids is 1. The minimum absolute atomic E-state index is 0.0266. The first-order valence-electron chi connectivity index (χ1n) is 6.31. The molecule has 1 saturated heterocycles. The summed E-state index contributed by atoms with van der Waals surface area (Å²) in [6.07, 6.45) is 1.63. The predicted molar refractivity (Wildman–Crippen MR) is 72.1 cm³/mol. The predicted octanol–water partition coefficient (Wildman–Crippen LogP) is 2.21. The number of hydrogen-bond acceptors (Lipinski definition) is 2. The molecular formula is C14H16ClNO3. The van der Waals surface area contributed by atoms with Crippen LogP contribution in [0.15, 0.2) is 24.3 Å². The molecule has 0 bridgehead atoms. The van der Waals surface area contributed by atoms with Gasteiger partial charge >= 0.3 is 5.97 Å². The quantitative estimate of drug-likeness (QED) is 0.920. The van der Waals surface area contributed by atoms with Gasteiger partial charge in [0.25, 0.3) is 0 Å². The van der Waals surface area contributed by atoms with E-state index in [0.29, 0.717) is 37.4 Å². The maximum atomic E-state index is 12.0. The topological polar surface area (TPSA) is 57.6 Å². The van der Waals surface area contributed by atoms with E-state index in [4.69, 9.17) is 16.7 Å². The summed E-state index contributed by atoms with van der Waals surface area (Å²) in [5, 5.41) is 9.58. The summed E-state index contributed by atoms with van der Waals surface area (Å²) in [7, 11) is 0. The van der Waals surface area contributed by atoms with Crippen molar-refractivity contribution in [1.29, 1.82) is 0 Å². The van der Waals surface area contributed by atoms with Gasteiger partial charge in [-0.2, -0.15) is 0 Å². The molecule has 1 heterocycles. The molecule has 102 valence electrons. The van der Waals surface area contributed by atoms with Gasteiger partial charge in [-0.1, -0.05) is 23.7 Å². The van der Waals surface area contributed by atoms with Crippen molar-refractivity contribution in [2.45, 2.75) is 19.3 Å². The van der Waals surface area contributed by atoms with Crippen LogP contribution < -0.4 is 0 Å². The Morgan fingerprint density at radius 1 is 1.32 bits per heavy atom. The molecule has 1 aromatic carbocycles. The lowest BCUT2D eigenvalue weighted by Crippen LogP contribution is -2.30. The van der Waals surface area contributed by atoms with Crippen LogP contribution in [0.1, 0.15) is 18.4 Å². The van der Waals surface area contributed by atoms with Crippen molar-refractivity contribution in [2.75, 3.05) is 13.1 Å². The van der Waals surface area contributed by atoms with Gasteiger partial charge in [0.05, 0.1) is 5.92 Å². The number of amides is 1. The number of hydrogen-bond donors (Lipinski definition) is 1.